The van der Waals surface area contributed by atoms with Gasteiger partial charge in [-0.3, -0.25) is 4.79 Å². The Kier molecular flexibility index (Phi) is 5.76. The van der Waals surface area contributed by atoms with Crippen molar-refractivity contribution >= 4 is 29.2 Å². The number of halogens is 1. The summed E-state index contributed by atoms with van der Waals surface area (Å²) >= 11 is 6.06. The second kappa shape index (κ2) is 8.61. The lowest BCUT2D eigenvalue weighted by atomic mass is 10.1. The van der Waals surface area contributed by atoms with Crippen molar-refractivity contribution in [3.05, 3.63) is 53.1 Å². The number of likely N-dealkylation sites (tertiary alicyclic amines) is 1. The van der Waals surface area contributed by atoms with Gasteiger partial charge in [-0.05, 0) is 49.1 Å². The number of fused-ring (bicyclic) bond motifs is 1. The Labute approximate surface area is 173 Å². The van der Waals surface area contributed by atoms with Crippen LogP contribution >= 0.6 is 11.6 Å². The Balaban J connectivity index is 1.39. The Bertz CT molecular complexity index is 921. The van der Waals surface area contributed by atoms with Crippen LogP contribution in [0, 0.1) is 0 Å². The van der Waals surface area contributed by atoms with Gasteiger partial charge in [0, 0.05) is 29.9 Å². The van der Waals surface area contributed by atoms with Gasteiger partial charge < -0.3 is 25.0 Å². The summed E-state index contributed by atoms with van der Waals surface area (Å²) in [7, 11) is 0. The molecule has 2 aliphatic heterocycles. The summed E-state index contributed by atoms with van der Waals surface area (Å²) in [5, 5.41) is 6.21. The topological polar surface area (TPSA) is 79.9 Å². The van der Waals surface area contributed by atoms with Gasteiger partial charge in [-0.2, -0.15) is 0 Å². The van der Waals surface area contributed by atoms with Crippen molar-refractivity contribution in [1.29, 1.82) is 0 Å². The molecule has 2 heterocycles. The van der Waals surface area contributed by atoms with Crippen LogP contribution < -0.4 is 20.1 Å². The fourth-order valence-electron chi connectivity index (χ4n) is 3.55. The molecule has 7 nitrogen and oxygen atoms in total. The summed E-state index contributed by atoms with van der Waals surface area (Å²) in [4.78, 5) is 27.2. The molecule has 2 aromatic carbocycles. The van der Waals surface area contributed by atoms with Gasteiger partial charge >= 0.3 is 6.03 Å². The highest BCUT2D eigenvalue weighted by Gasteiger charge is 2.28. The summed E-state index contributed by atoms with van der Waals surface area (Å²) in [5.41, 5.74) is 1.54. The summed E-state index contributed by atoms with van der Waals surface area (Å²) in [6, 6.07) is 11.6. The molecular formula is C21H22ClN3O4. The molecule has 2 aromatic rings. The molecule has 3 amide bonds. The Morgan fingerprint density at radius 3 is 2.86 bits per heavy atom. The highest BCUT2D eigenvalue weighted by Crippen LogP contribution is 2.34. The highest BCUT2D eigenvalue weighted by atomic mass is 35.5. The van der Waals surface area contributed by atoms with Gasteiger partial charge in [0.1, 0.15) is 6.04 Å². The summed E-state index contributed by atoms with van der Waals surface area (Å²) < 4.78 is 10.6. The fraction of sp³-hybridized carbons (Fsp3) is 0.333. The zero-order valence-corrected chi connectivity index (χ0v) is 16.6. The molecule has 2 N–H and O–H groups in total. The van der Waals surface area contributed by atoms with Crippen LogP contribution in [0.3, 0.4) is 0 Å². The van der Waals surface area contributed by atoms with E-state index >= 15 is 0 Å². The number of benzene rings is 2. The Morgan fingerprint density at radius 2 is 2.00 bits per heavy atom. The first-order valence-electron chi connectivity index (χ1n) is 9.59. The van der Waals surface area contributed by atoms with Crippen molar-refractivity contribution in [3.8, 4) is 11.5 Å². The van der Waals surface area contributed by atoms with Crippen molar-refractivity contribution in [3.63, 3.8) is 0 Å². The number of anilines is 1. The number of urea groups is 1. The number of nitrogens with zero attached hydrogens (tertiary/aromatic N) is 1. The molecule has 0 radical (unpaired) electrons. The standard InChI is InChI=1S/C21H22ClN3O4/c22-15-5-3-4-14(10-15)12-25-9-2-1-6-17(20(25)26)24-21(27)23-16-7-8-18-19(11-16)29-13-28-18/h3-5,7-8,10-11,17H,1-2,6,9,12-13H2,(H2,23,24,27). The number of rotatable bonds is 4. The molecule has 0 aromatic heterocycles. The minimum atomic E-state index is -0.564. The summed E-state index contributed by atoms with van der Waals surface area (Å²) in [5.74, 6) is 1.15. The largest absolute Gasteiger partial charge is 0.454 e. The molecule has 29 heavy (non-hydrogen) atoms. The number of hydrogen-bond acceptors (Lipinski definition) is 4. The van der Waals surface area contributed by atoms with Gasteiger partial charge in [0.15, 0.2) is 11.5 Å². The molecule has 8 heteroatoms. The number of nitrogens with one attached hydrogen (secondary N) is 2. The van der Waals surface area contributed by atoms with Crippen LogP contribution in [0.15, 0.2) is 42.5 Å². The van der Waals surface area contributed by atoms with Crippen molar-refractivity contribution in [2.75, 3.05) is 18.7 Å². The third-order valence-electron chi connectivity index (χ3n) is 4.98. The van der Waals surface area contributed by atoms with E-state index in [9.17, 15) is 9.59 Å². The molecule has 4 rings (SSSR count). The maximum Gasteiger partial charge on any atom is 0.319 e. The maximum atomic E-state index is 13.0. The van der Waals surface area contributed by atoms with Crippen LogP contribution in [0.4, 0.5) is 10.5 Å². The third-order valence-corrected chi connectivity index (χ3v) is 5.21. The molecule has 0 spiro atoms. The number of amides is 3. The van der Waals surface area contributed by atoms with Crippen LogP contribution in [0.2, 0.25) is 5.02 Å². The van der Waals surface area contributed by atoms with E-state index in [-0.39, 0.29) is 12.7 Å². The molecule has 1 unspecified atom stereocenters. The zero-order valence-electron chi connectivity index (χ0n) is 15.8. The lowest BCUT2D eigenvalue weighted by molar-refractivity contribution is -0.133. The molecule has 1 saturated heterocycles. The fourth-order valence-corrected chi connectivity index (χ4v) is 3.76. The average Bonchev–Trinajstić information content (AvgIpc) is 3.10. The first-order valence-corrected chi connectivity index (χ1v) is 9.97. The smallest absolute Gasteiger partial charge is 0.319 e. The summed E-state index contributed by atoms with van der Waals surface area (Å²) in [6.07, 6.45) is 2.38. The van der Waals surface area contributed by atoms with Gasteiger partial charge in [0.25, 0.3) is 0 Å². The van der Waals surface area contributed by atoms with Gasteiger partial charge in [0.2, 0.25) is 12.7 Å². The van der Waals surface area contributed by atoms with E-state index in [1.165, 1.54) is 0 Å². The number of ether oxygens (including phenoxy) is 2. The molecule has 152 valence electrons. The first kappa shape index (κ1) is 19.4. The number of carbonyl (C=O) groups excluding carboxylic acids is 2. The zero-order chi connectivity index (χ0) is 20.2. The van der Waals surface area contributed by atoms with Gasteiger partial charge in [-0.25, -0.2) is 4.79 Å². The van der Waals surface area contributed by atoms with E-state index in [0.29, 0.717) is 41.7 Å². The summed E-state index contributed by atoms with van der Waals surface area (Å²) in [6.45, 7) is 1.30. The Morgan fingerprint density at radius 1 is 1.14 bits per heavy atom. The molecule has 1 atom stereocenters. The average molecular weight is 416 g/mol. The Hall–Kier alpha value is -2.93. The molecule has 2 aliphatic rings. The molecular weight excluding hydrogens is 394 g/mol. The number of carbonyl (C=O) groups is 2. The normalized spacial score (nSPS) is 18.3. The molecule has 1 fully saturated rings. The van der Waals surface area contributed by atoms with Crippen LogP contribution in [0.5, 0.6) is 11.5 Å². The highest BCUT2D eigenvalue weighted by molar-refractivity contribution is 6.30. The number of hydrogen-bond donors (Lipinski definition) is 2. The van der Waals surface area contributed by atoms with Crippen molar-refractivity contribution < 1.29 is 19.1 Å². The van der Waals surface area contributed by atoms with Crippen LogP contribution in [-0.2, 0) is 11.3 Å². The van der Waals surface area contributed by atoms with Crippen LogP contribution in [-0.4, -0.2) is 36.2 Å². The predicted molar refractivity (Wildman–Crippen MR) is 109 cm³/mol. The van der Waals surface area contributed by atoms with Crippen molar-refractivity contribution in [2.45, 2.75) is 31.8 Å². The van der Waals surface area contributed by atoms with E-state index in [1.807, 2.05) is 18.2 Å². The third kappa shape index (κ3) is 4.74. The second-order valence-corrected chi connectivity index (χ2v) is 7.54. The SMILES string of the molecule is O=C(Nc1ccc2c(c1)OCO2)NC1CCCCN(Cc2cccc(Cl)c2)C1=O. The molecule has 0 bridgehead atoms. The van der Waals surface area contributed by atoms with Gasteiger partial charge in [-0.1, -0.05) is 23.7 Å². The lowest BCUT2D eigenvalue weighted by Crippen LogP contribution is -2.48. The van der Waals surface area contributed by atoms with E-state index in [1.54, 1.807) is 29.2 Å². The lowest BCUT2D eigenvalue weighted by Gasteiger charge is -2.25. The molecule has 0 saturated carbocycles. The van der Waals surface area contributed by atoms with Crippen LogP contribution in [0.25, 0.3) is 0 Å². The van der Waals surface area contributed by atoms with E-state index in [2.05, 4.69) is 10.6 Å². The van der Waals surface area contributed by atoms with E-state index in [4.69, 9.17) is 21.1 Å². The monoisotopic (exact) mass is 415 g/mol. The second-order valence-electron chi connectivity index (χ2n) is 7.10. The van der Waals surface area contributed by atoms with Crippen molar-refractivity contribution in [1.82, 2.24) is 10.2 Å². The first-order chi connectivity index (χ1) is 14.1. The van der Waals surface area contributed by atoms with E-state index in [0.717, 1.165) is 18.4 Å². The predicted octanol–water partition coefficient (Wildman–Crippen LogP) is 3.77. The van der Waals surface area contributed by atoms with Gasteiger partial charge in [0.05, 0.1) is 0 Å². The minimum absolute atomic E-state index is 0.0803. The minimum Gasteiger partial charge on any atom is -0.454 e. The van der Waals surface area contributed by atoms with Crippen molar-refractivity contribution in [2.24, 2.45) is 0 Å². The van der Waals surface area contributed by atoms with Crippen LogP contribution in [0.1, 0.15) is 24.8 Å². The van der Waals surface area contributed by atoms with Gasteiger partial charge in [-0.15, -0.1) is 0 Å². The maximum absolute atomic E-state index is 13.0. The quantitative estimate of drug-likeness (QED) is 0.796. The molecule has 0 aliphatic carbocycles. The van der Waals surface area contributed by atoms with E-state index < -0.39 is 12.1 Å².